The Kier molecular flexibility index (Phi) is 10.8. The van der Waals surface area contributed by atoms with E-state index in [4.69, 9.17) is 31.2 Å². The number of aromatic nitrogens is 1. The van der Waals surface area contributed by atoms with Gasteiger partial charge in [0.05, 0.1) is 42.8 Å². The molecule has 5 rings (SSSR count). The molecule has 0 atom stereocenters. The van der Waals surface area contributed by atoms with Crippen LogP contribution in [-0.4, -0.2) is 61.2 Å². The van der Waals surface area contributed by atoms with E-state index in [0.29, 0.717) is 49.3 Å². The summed E-state index contributed by atoms with van der Waals surface area (Å²) in [5, 5.41) is 5.39. The minimum Gasteiger partial charge on any atom is -0.493 e. The molecule has 2 N–H and O–H groups in total. The van der Waals surface area contributed by atoms with Crippen molar-refractivity contribution < 1.29 is 32.9 Å². The molecule has 14 heteroatoms. The second kappa shape index (κ2) is 14.5. The van der Waals surface area contributed by atoms with Gasteiger partial charge in [-0.2, -0.15) is 0 Å². The van der Waals surface area contributed by atoms with Crippen LogP contribution in [0, 0.1) is 5.82 Å². The first-order chi connectivity index (χ1) is 20.8. The van der Waals surface area contributed by atoms with Gasteiger partial charge in [0.25, 0.3) is 5.91 Å². The number of amides is 2. The molecule has 4 aromatic rings. The summed E-state index contributed by atoms with van der Waals surface area (Å²) >= 11 is 6.54. The lowest BCUT2D eigenvalue weighted by molar-refractivity contribution is -0.119. The SMILES string of the molecule is COc1cc(CC(=O)NC(=S)Nc2ccc(Oc3ccnc4cc(C(=O)N5CCCC5)sc34)c(F)c2)cc(OC)c1OC.Cl. The molecule has 232 valence electrons. The van der Waals surface area contributed by atoms with Gasteiger partial charge in [-0.15, -0.1) is 23.7 Å². The van der Waals surface area contributed by atoms with E-state index in [2.05, 4.69) is 15.6 Å². The Hall–Kier alpha value is -4.20. The number of carbonyl (C=O) groups excluding carboxylic acids is 2. The van der Waals surface area contributed by atoms with Crippen molar-refractivity contribution in [2.75, 3.05) is 39.7 Å². The zero-order valence-electron chi connectivity index (χ0n) is 24.1. The summed E-state index contributed by atoms with van der Waals surface area (Å²) in [5.74, 6) is 0.567. The predicted octanol–water partition coefficient (Wildman–Crippen LogP) is 5.97. The number of anilines is 1. The number of benzene rings is 2. The highest BCUT2D eigenvalue weighted by Gasteiger charge is 2.23. The Balaban J connectivity index is 0.00000442. The van der Waals surface area contributed by atoms with E-state index < -0.39 is 11.7 Å². The number of pyridine rings is 1. The topological polar surface area (TPSA) is 111 Å². The number of nitrogens with one attached hydrogen (secondary N) is 2. The molecule has 2 amide bonds. The second-order valence-electron chi connectivity index (χ2n) is 9.59. The Morgan fingerprint density at radius 3 is 2.32 bits per heavy atom. The van der Waals surface area contributed by atoms with Gasteiger partial charge < -0.3 is 34.5 Å². The molecule has 3 heterocycles. The molecule has 1 aliphatic heterocycles. The third-order valence-electron chi connectivity index (χ3n) is 6.73. The fourth-order valence-corrected chi connectivity index (χ4v) is 5.98. The van der Waals surface area contributed by atoms with Gasteiger partial charge in [0.1, 0.15) is 5.75 Å². The first-order valence-corrected chi connectivity index (χ1v) is 14.6. The van der Waals surface area contributed by atoms with Crippen molar-refractivity contribution in [3.8, 4) is 28.7 Å². The van der Waals surface area contributed by atoms with Crippen LogP contribution >= 0.6 is 36.0 Å². The average Bonchev–Trinajstić information content (AvgIpc) is 3.69. The molecule has 1 aliphatic rings. The van der Waals surface area contributed by atoms with E-state index in [1.807, 2.05) is 4.90 Å². The number of hydrogen-bond acceptors (Lipinski definition) is 9. The Morgan fingerprint density at radius 1 is 0.977 bits per heavy atom. The fourth-order valence-electron chi connectivity index (χ4n) is 4.71. The van der Waals surface area contributed by atoms with Crippen LogP contribution in [0.2, 0.25) is 0 Å². The molecule has 0 radical (unpaired) electrons. The molecule has 0 saturated carbocycles. The minimum absolute atomic E-state index is 0. The summed E-state index contributed by atoms with van der Waals surface area (Å²) in [6, 6.07) is 11.0. The Bertz CT molecular complexity index is 1670. The molecule has 44 heavy (non-hydrogen) atoms. The Morgan fingerprint density at radius 2 is 1.68 bits per heavy atom. The van der Waals surface area contributed by atoms with E-state index in [9.17, 15) is 9.59 Å². The highest BCUT2D eigenvalue weighted by atomic mass is 35.5. The molecular formula is C30H30ClFN4O6S2. The van der Waals surface area contributed by atoms with Crippen molar-refractivity contribution in [2.24, 2.45) is 0 Å². The maximum absolute atomic E-state index is 15.1. The molecule has 0 unspecified atom stereocenters. The number of thiocarbonyl (C=S) groups is 1. The molecule has 2 aromatic carbocycles. The van der Waals surface area contributed by atoms with Crippen molar-refractivity contribution in [1.29, 1.82) is 0 Å². The zero-order valence-corrected chi connectivity index (χ0v) is 26.6. The highest BCUT2D eigenvalue weighted by molar-refractivity contribution is 7.80. The standard InChI is InChI=1S/C30H29FN4O6S2.ClH/c1-38-23-12-17(13-24(39-2)27(23)40-3)14-26(36)34-30(42)33-18-6-7-21(19(31)15-18)41-22-8-9-32-20-16-25(43-28(20)22)29(37)35-10-4-5-11-35;/h6-9,12-13,15-16H,4-5,10-11,14H2,1-3H3,(H2,33,34,36,42);1H. The lowest BCUT2D eigenvalue weighted by Gasteiger charge is -2.14. The second-order valence-corrected chi connectivity index (χ2v) is 11.1. The van der Waals surface area contributed by atoms with Gasteiger partial charge in [-0.05, 0) is 61.0 Å². The molecule has 1 fully saturated rings. The quantitative estimate of drug-likeness (QED) is 0.210. The van der Waals surface area contributed by atoms with Crippen molar-refractivity contribution in [3.63, 3.8) is 0 Å². The summed E-state index contributed by atoms with van der Waals surface area (Å²) in [6.07, 6.45) is 3.54. The van der Waals surface area contributed by atoms with E-state index >= 15 is 4.39 Å². The smallest absolute Gasteiger partial charge is 0.264 e. The summed E-state index contributed by atoms with van der Waals surface area (Å²) in [6.45, 7) is 1.49. The van der Waals surface area contributed by atoms with Gasteiger partial charge in [0.2, 0.25) is 11.7 Å². The van der Waals surface area contributed by atoms with Crippen molar-refractivity contribution >= 4 is 68.8 Å². The average molecular weight is 661 g/mol. The summed E-state index contributed by atoms with van der Waals surface area (Å²) in [7, 11) is 4.47. The number of ether oxygens (including phenoxy) is 4. The molecule has 1 saturated heterocycles. The lowest BCUT2D eigenvalue weighted by Crippen LogP contribution is -2.35. The molecular weight excluding hydrogens is 631 g/mol. The number of fused-ring (bicyclic) bond motifs is 1. The molecule has 0 bridgehead atoms. The van der Waals surface area contributed by atoms with Crippen LogP contribution in [0.15, 0.2) is 48.7 Å². The molecule has 0 spiro atoms. The van der Waals surface area contributed by atoms with Crippen molar-refractivity contribution in [1.82, 2.24) is 15.2 Å². The van der Waals surface area contributed by atoms with Gasteiger partial charge in [0, 0.05) is 37.1 Å². The summed E-state index contributed by atoms with van der Waals surface area (Å²) < 4.78 is 37.6. The van der Waals surface area contributed by atoms with Crippen LogP contribution in [0.4, 0.5) is 10.1 Å². The van der Waals surface area contributed by atoms with E-state index in [-0.39, 0.29) is 35.6 Å². The van der Waals surface area contributed by atoms with Gasteiger partial charge in [-0.1, -0.05) is 0 Å². The fraction of sp³-hybridized carbons (Fsp3) is 0.267. The lowest BCUT2D eigenvalue weighted by atomic mass is 10.1. The van der Waals surface area contributed by atoms with E-state index in [1.165, 1.54) is 44.8 Å². The van der Waals surface area contributed by atoms with Crippen LogP contribution in [0.3, 0.4) is 0 Å². The first-order valence-electron chi connectivity index (χ1n) is 13.3. The summed E-state index contributed by atoms with van der Waals surface area (Å²) in [4.78, 5) is 32.2. The number of rotatable bonds is 9. The number of halogens is 2. The summed E-state index contributed by atoms with van der Waals surface area (Å²) in [5.41, 5.74) is 1.54. The monoisotopic (exact) mass is 660 g/mol. The van der Waals surface area contributed by atoms with Gasteiger partial charge in [-0.25, -0.2) is 4.39 Å². The van der Waals surface area contributed by atoms with Crippen LogP contribution in [0.5, 0.6) is 28.7 Å². The maximum Gasteiger partial charge on any atom is 0.264 e. The number of methoxy groups -OCH3 is 3. The third-order valence-corrected chi connectivity index (χ3v) is 8.06. The normalized spacial score (nSPS) is 12.3. The molecule has 2 aromatic heterocycles. The van der Waals surface area contributed by atoms with Crippen molar-refractivity contribution in [2.45, 2.75) is 19.3 Å². The van der Waals surface area contributed by atoms with E-state index in [0.717, 1.165) is 25.9 Å². The van der Waals surface area contributed by atoms with Crippen LogP contribution < -0.4 is 29.6 Å². The van der Waals surface area contributed by atoms with Gasteiger partial charge >= 0.3 is 0 Å². The number of hydrogen-bond donors (Lipinski definition) is 2. The largest absolute Gasteiger partial charge is 0.493 e. The number of likely N-dealkylation sites (tertiary alicyclic amines) is 1. The number of carbonyl (C=O) groups is 2. The zero-order chi connectivity index (χ0) is 30.5. The molecule has 0 aliphatic carbocycles. The first kappa shape index (κ1) is 32.7. The highest BCUT2D eigenvalue weighted by Crippen LogP contribution is 2.39. The van der Waals surface area contributed by atoms with Gasteiger partial charge in [-0.3, -0.25) is 14.6 Å². The predicted molar refractivity (Wildman–Crippen MR) is 173 cm³/mol. The number of nitrogens with zero attached hydrogens (tertiary/aromatic N) is 2. The van der Waals surface area contributed by atoms with Crippen molar-refractivity contribution in [3.05, 3.63) is 64.9 Å². The minimum atomic E-state index is -0.647. The van der Waals surface area contributed by atoms with Crippen LogP contribution in [0.1, 0.15) is 28.1 Å². The molecule has 10 nitrogen and oxygen atoms in total. The van der Waals surface area contributed by atoms with Crippen LogP contribution in [-0.2, 0) is 11.2 Å². The maximum atomic E-state index is 15.1. The van der Waals surface area contributed by atoms with E-state index in [1.54, 1.807) is 36.5 Å². The van der Waals surface area contributed by atoms with Crippen LogP contribution in [0.25, 0.3) is 10.2 Å². The Labute approximate surface area is 268 Å². The number of thiophene rings is 1. The third kappa shape index (κ3) is 7.29. The van der Waals surface area contributed by atoms with Gasteiger partial charge in [0.15, 0.2) is 28.2 Å².